The van der Waals surface area contributed by atoms with Gasteiger partial charge in [-0.3, -0.25) is 9.78 Å². The zero-order valence-corrected chi connectivity index (χ0v) is 21.8. The molecule has 3 aromatic rings. The summed E-state index contributed by atoms with van der Waals surface area (Å²) in [6.45, 7) is 4.31. The fourth-order valence-corrected chi connectivity index (χ4v) is 5.48. The van der Waals surface area contributed by atoms with Crippen LogP contribution >= 0.6 is 24.2 Å². The number of pyridine rings is 3. The Hall–Kier alpha value is -2.53. The van der Waals surface area contributed by atoms with Crippen molar-refractivity contribution >= 4 is 46.9 Å². The molecular weight excluding hydrogens is 503 g/mol. The largest absolute Gasteiger partial charge is 0.481 e. The van der Waals surface area contributed by atoms with Crippen LogP contribution in [0.25, 0.3) is 11.0 Å². The van der Waals surface area contributed by atoms with Gasteiger partial charge in [-0.2, -0.15) is 0 Å². The Morgan fingerprint density at radius 1 is 1.28 bits per heavy atom. The third kappa shape index (κ3) is 6.23. The summed E-state index contributed by atoms with van der Waals surface area (Å²) in [4.78, 5) is 28.3. The molecule has 1 amide bonds. The molecule has 1 saturated heterocycles. The normalized spacial score (nSPS) is 17.8. The lowest BCUT2D eigenvalue weighted by Crippen LogP contribution is -2.40. The molecule has 11 heteroatoms. The van der Waals surface area contributed by atoms with E-state index in [1.807, 2.05) is 18.2 Å². The summed E-state index contributed by atoms with van der Waals surface area (Å²) in [5.74, 6) is 1.77. The van der Waals surface area contributed by atoms with Gasteiger partial charge in [-0.25, -0.2) is 14.4 Å². The number of amides is 1. The average Bonchev–Trinajstić information content (AvgIpc) is 2.88. The smallest absolute Gasteiger partial charge is 0.235 e. The van der Waals surface area contributed by atoms with Crippen LogP contribution in [-0.4, -0.2) is 64.8 Å². The van der Waals surface area contributed by atoms with Crippen LogP contribution in [0.4, 0.5) is 10.2 Å². The Kier molecular flexibility index (Phi) is 8.95. The minimum absolute atomic E-state index is 0. The second kappa shape index (κ2) is 12.1. The molecule has 2 aliphatic rings. The highest BCUT2D eigenvalue weighted by Crippen LogP contribution is 2.29. The maximum absolute atomic E-state index is 14.6. The standard InChI is InChI=1S/C25H29FN6O2S.ClH/c1-34-23-7-5-20-24(31-23)18(19(26)13-28-20)8-10-32-9-2-3-16(14-32)11-27-12-17-4-6-21-25(29-17)30-22(33)15-35-21;/h4-7,13,16,27H,2-3,8-12,14-15H2,1H3,(H,29,30,33);1H/t16-;/m1./s1. The molecule has 0 radical (unpaired) electrons. The Bertz CT molecular complexity index is 1230. The molecule has 2 N–H and O–H groups in total. The van der Waals surface area contributed by atoms with Gasteiger partial charge >= 0.3 is 0 Å². The average molecular weight is 533 g/mol. The minimum atomic E-state index is -0.319. The second-order valence-corrected chi connectivity index (χ2v) is 10.00. The Balaban J connectivity index is 0.00000304. The molecule has 0 aliphatic carbocycles. The number of methoxy groups -OCH3 is 1. The predicted molar refractivity (Wildman–Crippen MR) is 141 cm³/mol. The molecule has 1 atom stereocenters. The van der Waals surface area contributed by atoms with E-state index in [0.29, 0.717) is 52.9 Å². The Morgan fingerprint density at radius 3 is 3.03 bits per heavy atom. The van der Waals surface area contributed by atoms with Gasteiger partial charge in [-0.15, -0.1) is 24.2 Å². The number of fused-ring (bicyclic) bond motifs is 2. The van der Waals surface area contributed by atoms with Crippen LogP contribution in [0, 0.1) is 11.7 Å². The lowest BCUT2D eigenvalue weighted by atomic mass is 9.97. The van der Waals surface area contributed by atoms with Crippen molar-refractivity contribution in [2.45, 2.75) is 30.7 Å². The molecule has 36 heavy (non-hydrogen) atoms. The second-order valence-electron chi connectivity index (χ2n) is 8.98. The zero-order valence-electron chi connectivity index (χ0n) is 20.1. The highest BCUT2D eigenvalue weighted by Gasteiger charge is 2.21. The first-order chi connectivity index (χ1) is 17.1. The molecule has 8 nitrogen and oxygen atoms in total. The molecule has 0 spiro atoms. The number of carbonyl (C=O) groups excluding carboxylic acids is 1. The van der Waals surface area contributed by atoms with Crippen LogP contribution in [-0.2, 0) is 17.8 Å². The molecule has 5 rings (SSSR count). The van der Waals surface area contributed by atoms with Gasteiger partial charge in [-0.05, 0) is 56.5 Å². The van der Waals surface area contributed by atoms with Crippen molar-refractivity contribution in [2.24, 2.45) is 5.92 Å². The van der Waals surface area contributed by atoms with Crippen LogP contribution in [0.2, 0.25) is 0 Å². The summed E-state index contributed by atoms with van der Waals surface area (Å²) in [5, 5.41) is 6.38. The monoisotopic (exact) mass is 532 g/mol. The Labute approximate surface area is 220 Å². The van der Waals surface area contributed by atoms with Crippen LogP contribution in [0.5, 0.6) is 5.88 Å². The summed E-state index contributed by atoms with van der Waals surface area (Å²) in [5.41, 5.74) is 2.77. The van der Waals surface area contributed by atoms with E-state index in [4.69, 9.17) is 4.74 Å². The van der Waals surface area contributed by atoms with E-state index in [-0.39, 0.29) is 24.1 Å². The van der Waals surface area contributed by atoms with Gasteiger partial charge in [0.25, 0.3) is 0 Å². The number of rotatable bonds is 8. The quantitative estimate of drug-likeness (QED) is 0.454. The van der Waals surface area contributed by atoms with Crippen LogP contribution < -0.4 is 15.4 Å². The van der Waals surface area contributed by atoms with Crippen molar-refractivity contribution in [3.63, 3.8) is 0 Å². The molecule has 0 aromatic carbocycles. The number of carbonyl (C=O) groups is 1. The van der Waals surface area contributed by atoms with Gasteiger partial charge in [0.1, 0.15) is 11.6 Å². The van der Waals surface area contributed by atoms with E-state index in [1.165, 1.54) is 24.4 Å². The topological polar surface area (TPSA) is 92.3 Å². The lowest BCUT2D eigenvalue weighted by molar-refractivity contribution is -0.113. The first-order valence-corrected chi connectivity index (χ1v) is 12.9. The summed E-state index contributed by atoms with van der Waals surface area (Å²) in [6, 6.07) is 7.60. The van der Waals surface area contributed by atoms with Crippen molar-refractivity contribution in [2.75, 3.05) is 44.4 Å². The number of piperidine rings is 1. The SMILES string of the molecule is COc1ccc2ncc(F)c(CCN3CCC[C@H](CNCc4ccc5c(n4)NC(=O)CS5)C3)c2n1.Cl. The number of anilines is 1. The van der Waals surface area contributed by atoms with E-state index >= 15 is 0 Å². The van der Waals surface area contributed by atoms with E-state index < -0.39 is 0 Å². The molecule has 192 valence electrons. The number of aromatic nitrogens is 3. The predicted octanol–water partition coefficient (Wildman–Crippen LogP) is 3.68. The number of nitrogens with zero attached hydrogens (tertiary/aromatic N) is 4. The number of likely N-dealkylation sites (tertiary alicyclic amines) is 1. The van der Waals surface area contributed by atoms with Gasteiger partial charge in [0.05, 0.1) is 40.7 Å². The van der Waals surface area contributed by atoms with Crippen molar-refractivity contribution in [3.8, 4) is 5.88 Å². The van der Waals surface area contributed by atoms with Gasteiger partial charge in [0.2, 0.25) is 11.8 Å². The summed E-state index contributed by atoms with van der Waals surface area (Å²) in [7, 11) is 1.56. The maximum Gasteiger partial charge on any atom is 0.235 e. The van der Waals surface area contributed by atoms with Crippen molar-refractivity contribution in [1.82, 2.24) is 25.2 Å². The molecule has 2 aliphatic heterocycles. The highest BCUT2D eigenvalue weighted by atomic mass is 35.5. The van der Waals surface area contributed by atoms with Crippen LogP contribution in [0.3, 0.4) is 0 Å². The number of halogens is 2. The third-order valence-electron chi connectivity index (χ3n) is 6.50. The summed E-state index contributed by atoms with van der Waals surface area (Å²) in [6.07, 6.45) is 4.15. The lowest BCUT2D eigenvalue weighted by Gasteiger charge is -2.33. The first kappa shape index (κ1) is 26.5. The molecule has 3 aromatic heterocycles. The number of thioether (sulfide) groups is 1. The van der Waals surface area contributed by atoms with Crippen molar-refractivity contribution in [3.05, 3.63) is 47.5 Å². The number of hydrogen-bond acceptors (Lipinski definition) is 8. The van der Waals surface area contributed by atoms with Gasteiger partial charge in [-0.1, -0.05) is 0 Å². The highest BCUT2D eigenvalue weighted by molar-refractivity contribution is 8.00. The minimum Gasteiger partial charge on any atom is -0.481 e. The number of nitrogens with one attached hydrogen (secondary N) is 2. The fourth-order valence-electron chi connectivity index (χ4n) is 4.73. The Morgan fingerprint density at radius 2 is 2.17 bits per heavy atom. The molecule has 0 bridgehead atoms. The first-order valence-electron chi connectivity index (χ1n) is 11.9. The molecule has 1 fully saturated rings. The van der Waals surface area contributed by atoms with E-state index in [1.54, 1.807) is 13.2 Å². The number of hydrogen-bond donors (Lipinski definition) is 2. The fraction of sp³-hybridized carbons (Fsp3) is 0.440. The molecule has 0 saturated carbocycles. The van der Waals surface area contributed by atoms with Crippen LogP contribution in [0.1, 0.15) is 24.1 Å². The van der Waals surface area contributed by atoms with Crippen molar-refractivity contribution < 1.29 is 13.9 Å². The van der Waals surface area contributed by atoms with E-state index in [9.17, 15) is 9.18 Å². The summed E-state index contributed by atoms with van der Waals surface area (Å²) < 4.78 is 19.9. The van der Waals surface area contributed by atoms with Gasteiger partial charge < -0.3 is 20.3 Å². The van der Waals surface area contributed by atoms with Gasteiger partial charge in [0, 0.05) is 31.3 Å². The molecular formula is C25H30ClFN6O2S. The zero-order chi connectivity index (χ0) is 24.2. The van der Waals surface area contributed by atoms with Crippen LogP contribution in [0.15, 0.2) is 35.4 Å². The summed E-state index contributed by atoms with van der Waals surface area (Å²) >= 11 is 1.52. The van der Waals surface area contributed by atoms with E-state index in [2.05, 4.69) is 30.5 Å². The van der Waals surface area contributed by atoms with Gasteiger partial charge in [0.15, 0.2) is 0 Å². The number of ether oxygens (including phenoxy) is 1. The molecule has 5 heterocycles. The van der Waals surface area contributed by atoms with E-state index in [0.717, 1.165) is 43.2 Å². The third-order valence-corrected chi connectivity index (χ3v) is 7.55. The maximum atomic E-state index is 14.6. The van der Waals surface area contributed by atoms with Crippen molar-refractivity contribution in [1.29, 1.82) is 0 Å². The molecule has 0 unspecified atom stereocenters.